The van der Waals surface area contributed by atoms with Gasteiger partial charge in [-0.15, -0.1) is 12.4 Å². The van der Waals surface area contributed by atoms with Crippen molar-refractivity contribution < 1.29 is 13.2 Å². The molecule has 0 radical (unpaired) electrons. The second kappa shape index (κ2) is 6.98. The Morgan fingerprint density at radius 1 is 1.32 bits per heavy atom. The van der Waals surface area contributed by atoms with Gasteiger partial charge in [0.1, 0.15) is 0 Å². The Kier molecular flexibility index (Phi) is 6.01. The number of hydrogen-bond acceptors (Lipinski definition) is 4. The molecular formula is C15H23ClN2O3S. The molecule has 3 N–H and O–H groups in total. The molecule has 0 saturated heterocycles. The van der Waals surface area contributed by atoms with Gasteiger partial charge in [-0.05, 0) is 37.0 Å². The highest BCUT2D eigenvalue weighted by Gasteiger charge is 2.37. The molecule has 0 aliphatic heterocycles. The van der Waals surface area contributed by atoms with Gasteiger partial charge in [-0.1, -0.05) is 25.0 Å². The molecule has 1 aliphatic carbocycles. The van der Waals surface area contributed by atoms with Gasteiger partial charge in [0.25, 0.3) is 0 Å². The van der Waals surface area contributed by atoms with Crippen molar-refractivity contribution in [1.29, 1.82) is 0 Å². The third kappa shape index (κ3) is 4.44. The Morgan fingerprint density at radius 2 is 1.91 bits per heavy atom. The normalized spacial score (nSPS) is 16.9. The summed E-state index contributed by atoms with van der Waals surface area (Å²) in [4.78, 5) is 12.3. The fourth-order valence-electron chi connectivity index (χ4n) is 2.74. The summed E-state index contributed by atoms with van der Waals surface area (Å²) in [6.07, 6.45) is 4.53. The van der Waals surface area contributed by atoms with E-state index in [9.17, 15) is 13.2 Å². The Bertz CT molecular complexity index is 653. The minimum Gasteiger partial charge on any atom is -0.324 e. The Hall–Kier alpha value is -1.11. The van der Waals surface area contributed by atoms with Crippen molar-refractivity contribution in [3.8, 4) is 0 Å². The fraction of sp³-hybridized carbons (Fsp3) is 0.533. The van der Waals surface area contributed by atoms with Crippen LogP contribution in [0.1, 0.15) is 36.8 Å². The van der Waals surface area contributed by atoms with Crippen LogP contribution in [0, 0.1) is 6.92 Å². The van der Waals surface area contributed by atoms with Crippen molar-refractivity contribution in [3.05, 3.63) is 29.3 Å². The number of anilines is 1. The van der Waals surface area contributed by atoms with E-state index in [0.717, 1.165) is 18.4 Å². The van der Waals surface area contributed by atoms with Crippen LogP contribution in [0.4, 0.5) is 5.69 Å². The molecule has 1 aromatic rings. The number of nitrogens with two attached hydrogens (primary N) is 1. The predicted molar refractivity (Wildman–Crippen MR) is 91.0 cm³/mol. The first-order chi connectivity index (χ1) is 9.71. The van der Waals surface area contributed by atoms with Gasteiger partial charge >= 0.3 is 0 Å². The summed E-state index contributed by atoms with van der Waals surface area (Å²) in [7, 11) is -3.11. The maximum Gasteiger partial charge on any atom is 0.244 e. The number of nitrogens with one attached hydrogen (secondary N) is 1. The van der Waals surface area contributed by atoms with E-state index in [2.05, 4.69) is 5.32 Å². The summed E-state index contributed by atoms with van der Waals surface area (Å²) in [5.74, 6) is -0.212. The summed E-state index contributed by atoms with van der Waals surface area (Å²) in [6, 6.07) is 5.29. The lowest BCUT2D eigenvalue weighted by molar-refractivity contribution is -0.121. The zero-order valence-electron chi connectivity index (χ0n) is 12.9. The molecule has 22 heavy (non-hydrogen) atoms. The molecule has 0 atom stereocenters. The van der Waals surface area contributed by atoms with Gasteiger partial charge in [0.05, 0.1) is 11.3 Å². The van der Waals surface area contributed by atoms with Gasteiger partial charge in [-0.25, -0.2) is 8.42 Å². The summed E-state index contributed by atoms with van der Waals surface area (Å²) < 4.78 is 22.9. The van der Waals surface area contributed by atoms with Crippen LogP contribution in [-0.4, -0.2) is 26.1 Å². The second-order valence-electron chi connectivity index (χ2n) is 5.98. The van der Waals surface area contributed by atoms with E-state index in [1.807, 2.05) is 6.92 Å². The zero-order chi connectivity index (χ0) is 15.7. The second-order valence-corrected chi connectivity index (χ2v) is 8.12. The maximum absolute atomic E-state index is 12.3. The average Bonchev–Trinajstić information content (AvgIpc) is 2.81. The molecule has 1 fully saturated rings. The summed E-state index contributed by atoms with van der Waals surface area (Å²) >= 11 is 0. The highest BCUT2D eigenvalue weighted by Crippen LogP contribution is 2.29. The van der Waals surface area contributed by atoms with Crippen LogP contribution in [0.15, 0.2) is 18.2 Å². The van der Waals surface area contributed by atoms with Crippen molar-refractivity contribution in [2.45, 2.75) is 43.9 Å². The molecule has 0 spiro atoms. The number of benzene rings is 1. The van der Waals surface area contributed by atoms with Crippen molar-refractivity contribution in [2.24, 2.45) is 5.73 Å². The predicted octanol–water partition coefficient (Wildman–Crippen LogP) is 2.17. The number of carbonyl (C=O) groups is 1. The molecule has 1 aromatic carbocycles. The van der Waals surface area contributed by atoms with Gasteiger partial charge in [-0.2, -0.15) is 0 Å². The van der Waals surface area contributed by atoms with Gasteiger partial charge < -0.3 is 11.1 Å². The van der Waals surface area contributed by atoms with Crippen LogP contribution in [0.2, 0.25) is 0 Å². The van der Waals surface area contributed by atoms with E-state index in [1.54, 1.807) is 18.2 Å². The molecule has 124 valence electrons. The SMILES string of the molecule is Cc1c(CS(C)(=O)=O)cccc1NC(=O)C1(N)CCCC1.Cl. The number of carbonyl (C=O) groups excluding carboxylic acids is 1. The zero-order valence-corrected chi connectivity index (χ0v) is 14.5. The van der Waals surface area contributed by atoms with E-state index in [4.69, 9.17) is 5.73 Å². The van der Waals surface area contributed by atoms with E-state index in [0.29, 0.717) is 24.1 Å². The van der Waals surface area contributed by atoms with Gasteiger partial charge in [0.15, 0.2) is 9.84 Å². The molecule has 1 amide bonds. The Labute approximate surface area is 138 Å². The molecule has 0 unspecified atom stereocenters. The lowest BCUT2D eigenvalue weighted by Crippen LogP contribution is -2.48. The van der Waals surface area contributed by atoms with E-state index in [1.165, 1.54) is 6.26 Å². The van der Waals surface area contributed by atoms with Crippen LogP contribution >= 0.6 is 12.4 Å². The highest BCUT2D eigenvalue weighted by atomic mass is 35.5. The minimum absolute atomic E-state index is 0. The minimum atomic E-state index is -3.11. The lowest BCUT2D eigenvalue weighted by atomic mass is 9.97. The van der Waals surface area contributed by atoms with E-state index >= 15 is 0 Å². The molecule has 1 saturated carbocycles. The van der Waals surface area contributed by atoms with Crippen LogP contribution in [-0.2, 0) is 20.4 Å². The lowest BCUT2D eigenvalue weighted by Gasteiger charge is -2.23. The number of amides is 1. The first-order valence-electron chi connectivity index (χ1n) is 7.08. The molecular weight excluding hydrogens is 324 g/mol. The number of hydrogen-bond donors (Lipinski definition) is 2. The molecule has 0 heterocycles. The third-order valence-electron chi connectivity index (χ3n) is 4.06. The van der Waals surface area contributed by atoms with Crippen LogP contribution in [0.25, 0.3) is 0 Å². The standard InChI is InChI=1S/C15H22N2O3S.ClH/c1-11-12(10-21(2,19)20)6-5-7-13(11)17-14(18)15(16)8-3-4-9-15;/h5-7H,3-4,8-10,16H2,1-2H3,(H,17,18);1H. The molecule has 5 nitrogen and oxygen atoms in total. The molecule has 2 rings (SSSR count). The fourth-order valence-corrected chi connectivity index (χ4v) is 3.62. The first kappa shape index (κ1) is 18.9. The smallest absolute Gasteiger partial charge is 0.244 e. The topological polar surface area (TPSA) is 89.3 Å². The van der Waals surface area contributed by atoms with Crippen molar-refractivity contribution in [2.75, 3.05) is 11.6 Å². The molecule has 7 heteroatoms. The van der Waals surface area contributed by atoms with Crippen molar-refractivity contribution in [3.63, 3.8) is 0 Å². The van der Waals surface area contributed by atoms with Crippen LogP contribution in [0.5, 0.6) is 0 Å². The average molecular weight is 347 g/mol. The number of sulfone groups is 1. The van der Waals surface area contributed by atoms with Gasteiger partial charge in [0.2, 0.25) is 5.91 Å². The molecule has 1 aliphatic rings. The summed E-state index contributed by atoms with van der Waals surface area (Å²) in [6.45, 7) is 1.81. The summed E-state index contributed by atoms with van der Waals surface area (Å²) in [5.41, 5.74) is 7.45. The maximum atomic E-state index is 12.3. The summed E-state index contributed by atoms with van der Waals surface area (Å²) in [5, 5.41) is 2.86. The monoisotopic (exact) mass is 346 g/mol. The largest absolute Gasteiger partial charge is 0.324 e. The van der Waals surface area contributed by atoms with E-state index < -0.39 is 15.4 Å². The Balaban J connectivity index is 0.00000242. The van der Waals surface area contributed by atoms with Crippen LogP contribution in [0.3, 0.4) is 0 Å². The Morgan fingerprint density at radius 3 is 2.45 bits per heavy atom. The quantitative estimate of drug-likeness (QED) is 0.874. The first-order valence-corrected chi connectivity index (χ1v) is 9.14. The molecule has 0 aromatic heterocycles. The molecule has 0 bridgehead atoms. The van der Waals surface area contributed by atoms with Crippen LogP contribution < -0.4 is 11.1 Å². The van der Waals surface area contributed by atoms with Crippen molar-refractivity contribution >= 4 is 33.8 Å². The highest BCUT2D eigenvalue weighted by molar-refractivity contribution is 7.89. The van der Waals surface area contributed by atoms with Crippen molar-refractivity contribution in [1.82, 2.24) is 0 Å². The number of halogens is 1. The van der Waals surface area contributed by atoms with Gasteiger partial charge in [-0.3, -0.25) is 4.79 Å². The van der Waals surface area contributed by atoms with Gasteiger partial charge in [0, 0.05) is 11.9 Å². The number of rotatable bonds is 4. The van der Waals surface area contributed by atoms with E-state index in [-0.39, 0.29) is 24.1 Å². The third-order valence-corrected chi connectivity index (χ3v) is 4.90.